The minimum absolute atomic E-state index is 0.211. The lowest BCUT2D eigenvalue weighted by atomic mass is 9.99. The largest absolute Gasteiger partial charge is 0.462 e. The molecule has 0 spiro atoms. The van der Waals surface area contributed by atoms with Crippen molar-refractivity contribution in [1.29, 1.82) is 0 Å². The number of rotatable bonds is 29. The number of esters is 2. The van der Waals surface area contributed by atoms with E-state index in [9.17, 15) is 30.0 Å². The van der Waals surface area contributed by atoms with Crippen molar-refractivity contribution < 1.29 is 49.0 Å². The van der Waals surface area contributed by atoms with Gasteiger partial charge in [0.15, 0.2) is 12.4 Å². The Morgan fingerprint density at radius 1 is 0.600 bits per heavy atom. The Bertz CT molecular complexity index is 719. The fourth-order valence-electron chi connectivity index (χ4n) is 5.54. The van der Waals surface area contributed by atoms with Crippen LogP contribution >= 0.6 is 0 Å². The molecule has 1 rings (SSSR count). The number of hydrogen-bond donors (Lipinski definition) is 4. The molecule has 0 aromatic rings. The van der Waals surface area contributed by atoms with Gasteiger partial charge in [-0.2, -0.15) is 0 Å². The summed E-state index contributed by atoms with van der Waals surface area (Å²) in [5.41, 5.74) is 0. The molecule has 0 radical (unpaired) electrons. The summed E-state index contributed by atoms with van der Waals surface area (Å²) >= 11 is 0. The minimum atomic E-state index is -1.59. The Hall–Kier alpha value is -1.30. The summed E-state index contributed by atoms with van der Waals surface area (Å²) in [5, 5.41) is 39.7. The van der Waals surface area contributed by atoms with Gasteiger partial charge in [-0.25, -0.2) is 0 Å². The molecule has 1 saturated heterocycles. The molecule has 0 bridgehead atoms. The highest BCUT2D eigenvalue weighted by Gasteiger charge is 2.44. The molecule has 0 aliphatic carbocycles. The molecule has 1 aliphatic heterocycles. The minimum Gasteiger partial charge on any atom is -0.462 e. The van der Waals surface area contributed by atoms with Gasteiger partial charge in [0.05, 0.1) is 13.2 Å². The summed E-state index contributed by atoms with van der Waals surface area (Å²) in [7, 11) is 0. The van der Waals surface area contributed by atoms with Crippen molar-refractivity contribution in [2.75, 3.05) is 19.8 Å². The van der Waals surface area contributed by atoms with Crippen LogP contribution in [0.3, 0.4) is 0 Å². The molecule has 0 aromatic carbocycles. The zero-order chi connectivity index (χ0) is 33.1. The highest BCUT2D eigenvalue weighted by Crippen LogP contribution is 2.22. The van der Waals surface area contributed by atoms with E-state index in [1.165, 1.54) is 83.5 Å². The lowest BCUT2D eigenvalue weighted by Crippen LogP contribution is -2.59. The van der Waals surface area contributed by atoms with Gasteiger partial charge in [0, 0.05) is 12.8 Å². The number of unbranched alkanes of at least 4 members (excludes halogenated alkanes) is 18. The van der Waals surface area contributed by atoms with Gasteiger partial charge >= 0.3 is 11.9 Å². The SMILES string of the molecule is CCCCCCCCCCCCCCC(=O)OC[C@@H](CO[C@H]1O[C@@H](CO)[C@@H](O)C(O)C1O)OC(=O)CCCCCCCCCC. The molecular weight excluding hydrogens is 580 g/mol. The molecule has 0 amide bonds. The van der Waals surface area contributed by atoms with E-state index in [-0.39, 0.29) is 32.0 Å². The predicted octanol–water partition coefficient (Wildman–Crippen LogP) is 5.88. The number of aliphatic hydroxyl groups is 4. The van der Waals surface area contributed by atoms with E-state index in [0.29, 0.717) is 6.42 Å². The maximum absolute atomic E-state index is 12.6. The lowest BCUT2D eigenvalue weighted by Gasteiger charge is -2.39. The monoisotopic (exact) mass is 646 g/mol. The van der Waals surface area contributed by atoms with Gasteiger partial charge < -0.3 is 39.4 Å². The fourth-order valence-corrected chi connectivity index (χ4v) is 5.54. The third-order valence-electron chi connectivity index (χ3n) is 8.49. The van der Waals surface area contributed by atoms with E-state index in [2.05, 4.69) is 13.8 Å². The summed E-state index contributed by atoms with van der Waals surface area (Å²) < 4.78 is 21.9. The highest BCUT2D eigenvalue weighted by molar-refractivity contribution is 5.70. The van der Waals surface area contributed by atoms with Crippen LogP contribution in [0.15, 0.2) is 0 Å². The summed E-state index contributed by atoms with van der Waals surface area (Å²) in [6.45, 7) is 3.36. The van der Waals surface area contributed by atoms with Gasteiger partial charge in [-0.3, -0.25) is 9.59 Å². The normalized spacial score (nSPS) is 22.3. The third kappa shape index (κ3) is 20.5. The van der Waals surface area contributed by atoms with Gasteiger partial charge in [-0.15, -0.1) is 0 Å². The van der Waals surface area contributed by atoms with E-state index < -0.39 is 49.4 Å². The van der Waals surface area contributed by atoms with Crippen LogP contribution < -0.4 is 0 Å². The molecule has 10 nitrogen and oxygen atoms in total. The second kappa shape index (κ2) is 27.8. The molecule has 1 fully saturated rings. The summed E-state index contributed by atoms with van der Waals surface area (Å²) in [6.07, 6.45) is 15.6. The fraction of sp³-hybridized carbons (Fsp3) is 0.943. The van der Waals surface area contributed by atoms with Crippen molar-refractivity contribution in [3.8, 4) is 0 Å². The maximum Gasteiger partial charge on any atom is 0.306 e. The number of ether oxygens (including phenoxy) is 4. The van der Waals surface area contributed by atoms with E-state index in [0.717, 1.165) is 38.5 Å². The number of carbonyl (C=O) groups is 2. The van der Waals surface area contributed by atoms with Crippen LogP contribution in [0, 0.1) is 0 Å². The van der Waals surface area contributed by atoms with Crippen LogP contribution in [0.4, 0.5) is 0 Å². The van der Waals surface area contributed by atoms with Crippen LogP contribution in [0.2, 0.25) is 0 Å². The van der Waals surface area contributed by atoms with Crippen LogP contribution in [-0.2, 0) is 28.5 Å². The average molecular weight is 647 g/mol. The summed E-state index contributed by atoms with van der Waals surface area (Å²) in [6, 6.07) is 0. The van der Waals surface area contributed by atoms with E-state index >= 15 is 0 Å². The summed E-state index contributed by atoms with van der Waals surface area (Å²) in [5.74, 6) is -0.806. The molecular formula is C35H66O10. The Morgan fingerprint density at radius 3 is 1.51 bits per heavy atom. The number of hydrogen-bond acceptors (Lipinski definition) is 10. The second-order valence-corrected chi connectivity index (χ2v) is 12.7. The Morgan fingerprint density at radius 2 is 1.04 bits per heavy atom. The number of aliphatic hydroxyl groups excluding tert-OH is 4. The standard InChI is InChI=1S/C35H66O10/c1-3-5-7-9-11-13-14-15-16-18-19-21-23-30(37)42-26-28(44-31(38)24-22-20-17-12-10-8-6-4-2)27-43-35-34(41)33(40)32(39)29(25-36)45-35/h28-29,32-36,39-41H,3-27H2,1-2H3/t28-,29-,32+,33?,34?,35-/m0/s1. The first-order valence-electron chi connectivity index (χ1n) is 18.1. The van der Waals surface area contributed by atoms with E-state index in [1.807, 2.05) is 0 Å². The quantitative estimate of drug-likeness (QED) is 0.0573. The highest BCUT2D eigenvalue weighted by atomic mass is 16.7. The number of carbonyl (C=O) groups excluding carboxylic acids is 2. The molecule has 266 valence electrons. The van der Waals surface area contributed by atoms with Crippen LogP contribution in [-0.4, -0.2) is 89.0 Å². The van der Waals surface area contributed by atoms with Crippen LogP contribution in [0.1, 0.15) is 155 Å². The molecule has 45 heavy (non-hydrogen) atoms. The van der Waals surface area contributed by atoms with Gasteiger partial charge in [-0.1, -0.05) is 129 Å². The van der Waals surface area contributed by atoms with Gasteiger partial charge in [0.25, 0.3) is 0 Å². The first kappa shape index (κ1) is 41.7. The third-order valence-corrected chi connectivity index (χ3v) is 8.49. The van der Waals surface area contributed by atoms with Crippen molar-refractivity contribution in [3.63, 3.8) is 0 Å². The predicted molar refractivity (Wildman–Crippen MR) is 173 cm³/mol. The van der Waals surface area contributed by atoms with Gasteiger partial charge in [0.1, 0.15) is 31.0 Å². The van der Waals surface area contributed by atoms with Crippen molar-refractivity contribution >= 4 is 11.9 Å². The zero-order valence-electron chi connectivity index (χ0n) is 28.4. The first-order valence-corrected chi connectivity index (χ1v) is 18.1. The topological polar surface area (TPSA) is 152 Å². The van der Waals surface area contributed by atoms with Crippen molar-refractivity contribution in [2.24, 2.45) is 0 Å². The molecule has 10 heteroatoms. The van der Waals surface area contributed by atoms with Gasteiger partial charge in [-0.05, 0) is 12.8 Å². The summed E-state index contributed by atoms with van der Waals surface area (Å²) in [4.78, 5) is 25.0. The Labute approximate surface area is 272 Å². The molecule has 6 atom stereocenters. The first-order chi connectivity index (χ1) is 21.8. The van der Waals surface area contributed by atoms with Crippen LogP contribution in [0.25, 0.3) is 0 Å². The molecule has 2 unspecified atom stereocenters. The maximum atomic E-state index is 12.6. The smallest absolute Gasteiger partial charge is 0.306 e. The second-order valence-electron chi connectivity index (χ2n) is 12.7. The molecule has 0 aromatic heterocycles. The Balaban J connectivity index is 2.41. The molecule has 0 saturated carbocycles. The van der Waals surface area contributed by atoms with Crippen molar-refractivity contribution in [2.45, 2.75) is 192 Å². The van der Waals surface area contributed by atoms with E-state index in [4.69, 9.17) is 18.9 Å². The van der Waals surface area contributed by atoms with Crippen molar-refractivity contribution in [1.82, 2.24) is 0 Å². The van der Waals surface area contributed by atoms with Crippen molar-refractivity contribution in [3.05, 3.63) is 0 Å². The molecule has 4 N–H and O–H groups in total. The van der Waals surface area contributed by atoms with Gasteiger partial charge in [0.2, 0.25) is 0 Å². The van der Waals surface area contributed by atoms with E-state index in [1.54, 1.807) is 0 Å². The van der Waals surface area contributed by atoms with Crippen LogP contribution in [0.5, 0.6) is 0 Å². The Kier molecular flexibility index (Phi) is 25.8. The molecule has 1 aliphatic rings. The molecule has 1 heterocycles. The lowest BCUT2D eigenvalue weighted by molar-refractivity contribution is -0.305. The average Bonchev–Trinajstić information content (AvgIpc) is 3.03. The zero-order valence-corrected chi connectivity index (χ0v) is 28.4.